The summed E-state index contributed by atoms with van der Waals surface area (Å²) in [6.07, 6.45) is 2.22. The molecular weight excluding hydrogens is 190 g/mol. The summed E-state index contributed by atoms with van der Waals surface area (Å²) < 4.78 is 0. The van der Waals surface area contributed by atoms with E-state index in [-0.39, 0.29) is 11.9 Å². The van der Waals surface area contributed by atoms with Gasteiger partial charge in [-0.3, -0.25) is 9.78 Å². The van der Waals surface area contributed by atoms with Crippen molar-refractivity contribution in [3.05, 3.63) is 30.1 Å². The Hall–Kier alpha value is -1.42. The molecule has 0 saturated heterocycles. The number of hydrogen-bond donors (Lipinski definition) is 2. The van der Waals surface area contributed by atoms with E-state index >= 15 is 0 Å². The Balaban J connectivity index is 2.42. The molecule has 0 radical (unpaired) electrons. The molecule has 0 saturated carbocycles. The quantitative estimate of drug-likeness (QED) is 0.753. The molecule has 1 rings (SSSR count). The lowest BCUT2D eigenvalue weighted by atomic mass is 10.2. The van der Waals surface area contributed by atoms with E-state index in [1.54, 1.807) is 6.20 Å². The van der Waals surface area contributed by atoms with Crippen LogP contribution in [0.1, 0.15) is 25.1 Å². The first-order valence-electron chi connectivity index (χ1n) is 5.09. The van der Waals surface area contributed by atoms with Crippen LogP contribution in [0, 0.1) is 0 Å². The molecule has 0 aliphatic heterocycles. The zero-order chi connectivity index (χ0) is 11.1. The van der Waals surface area contributed by atoms with Crippen LogP contribution in [0.2, 0.25) is 0 Å². The second-order valence-electron chi connectivity index (χ2n) is 3.40. The van der Waals surface area contributed by atoms with Gasteiger partial charge in [0.15, 0.2) is 0 Å². The van der Waals surface area contributed by atoms with Crippen molar-refractivity contribution in [2.24, 2.45) is 0 Å². The number of carbonyl (C=O) groups excluding carboxylic acids is 1. The molecule has 0 unspecified atom stereocenters. The highest BCUT2D eigenvalue weighted by Gasteiger charge is 2.09. The summed E-state index contributed by atoms with van der Waals surface area (Å²) in [5, 5.41) is 5.82. The SMILES string of the molecule is CNCCC(=O)N[C@H](C)c1ccccn1. The molecule has 82 valence electrons. The summed E-state index contributed by atoms with van der Waals surface area (Å²) in [6.45, 7) is 2.63. The lowest BCUT2D eigenvalue weighted by Crippen LogP contribution is -2.29. The number of nitrogens with zero attached hydrogens (tertiary/aromatic N) is 1. The Morgan fingerprint density at radius 2 is 2.33 bits per heavy atom. The van der Waals surface area contributed by atoms with Gasteiger partial charge in [-0.1, -0.05) is 6.07 Å². The topological polar surface area (TPSA) is 54.0 Å². The molecule has 1 amide bonds. The Kier molecular flexibility index (Phi) is 4.77. The van der Waals surface area contributed by atoms with Crippen molar-refractivity contribution < 1.29 is 4.79 Å². The van der Waals surface area contributed by atoms with Crippen molar-refractivity contribution in [2.75, 3.05) is 13.6 Å². The fourth-order valence-electron chi connectivity index (χ4n) is 1.26. The van der Waals surface area contributed by atoms with Crippen LogP contribution in [0.25, 0.3) is 0 Å². The van der Waals surface area contributed by atoms with E-state index < -0.39 is 0 Å². The maximum atomic E-state index is 11.4. The van der Waals surface area contributed by atoms with Gasteiger partial charge in [0.2, 0.25) is 5.91 Å². The average Bonchev–Trinajstić information content (AvgIpc) is 2.27. The van der Waals surface area contributed by atoms with E-state index in [1.165, 1.54) is 0 Å². The molecule has 1 heterocycles. The first-order chi connectivity index (χ1) is 7.24. The van der Waals surface area contributed by atoms with E-state index in [9.17, 15) is 4.79 Å². The van der Waals surface area contributed by atoms with Crippen molar-refractivity contribution >= 4 is 5.91 Å². The van der Waals surface area contributed by atoms with Crippen molar-refractivity contribution in [3.63, 3.8) is 0 Å². The van der Waals surface area contributed by atoms with Crippen LogP contribution in [0.4, 0.5) is 0 Å². The molecule has 4 nitrogen and oxygen atoms in total. The predicted molar refractivity (Wildman–Crippen MR) is 59.3 cm³/mol. The van der Waals surface area contributed by atoms with Crippen LogP contribution in [-0.2, 0) is 4.79 Å². The van der Waals surface area contributed by atoms with Gasteiger partial charge >= 0.3 is 0 Å². The molecular formula is C11H17N3O. The molecule has 0 fully saturated rings. The summed E-state index contributed by atoms with van der Waals surface area (Å²) in [5.41, 5.74) is 0.885. The molecule has 0 aliphatic carbocycles. The highest BCUT2D eigenvalue weighted by atomic mass is 16.1. The molecule has 0 aromatic carbocycles. The van der Waals surface area contributed by atoms with E-state index in [1.807, 2.05) is 32.2 Å². The van der Waals surface area contributed by atoms with Gasteiger partial charge in [-0.25, -0.2) is 0 Å². The Labute approximate surface area is 90.1 Å². The summed E-state index contributed by atoms with van der Waals surface area (Å²) >= 11 is 0. The third kappa shape index (κ3) is 4.08. The van der Waals surface area contributed by atoms with Gasteiger partial charge in [0.25, 0.3) is 0 Å². The lowest BCUT2D eigenvalue weighted by Gasteiger charge is -2.12. The zero-order valence-electron chi connectivity index (χ0n) is 9.16. The lowest BCUT2D eigenvalue weighted by molar-refractivity contribution is -0.121. The van der Waals surface area contributed by atoms with Crippen LogP contribution in [0.5, 0.6) is 0 Å². The first kappa shape index (κ1) is 11.7. The third-order valence-corrected chi connectivity index (χ3v) is 2.11. The zero-order valence-corrected chi connectivity index (χ0v) is 9.16. The highest BCUT2D eigenvalue weighted by molar-refractivity contribution is 5.76. The van der Waals surface area contributed by atoms with Gasteiger partial charge in [0.1, 0.15) is 0 Å². The average molecular weight is 207 g/mol. The minimum absolute atomic E-state index is 0.0319. The fraction of sp³-hybridized carbons (Fsp3) is 0.455. The number of hydrogen-bond acceptors (Lipinski definition) is 3. The van der Waals surface area contributed by atoms with Crippen LogP contribution in [0.3, 0.4) is 0 Å². The first-order valence-corrected chi connectivity index (χ1v) is 5.09. The number of rotatable bonds is 5. The number of pyridine rings is 1. The minimum Gasteiger partial charge on any atom is -0.348 e. The normalized spacial score (nSPS) is 12.1. The van der Waals surface area contributed by atoms with Gasteiger partial charge in [-0.05, 0) is 26.1 Å². The van der Waals surface area contributed by atoms with Crippen molar-refractivity contribution in [2.45, 2.75) is 19.4 Å². The van der Waals surface area contributed by atoms with Gasteiger partial charge < -0.3 is 10.6 Å². The molecule has 1 aromatic rings. The largest absolute Gasteiger partial charge is 0.348 e. The third-order valence-electron chi connectivity index (χ3n) is 2.11. The molecule has 0 spiro atoms. The maximum Gasteiger partial charge on any atom is 0.221 e. The molecule has 4 heteroatoms. The van der Waals surface area contributed by atoms with Gasteiger partial charge in [0, 0.05) is 19.2 Å². The van der Waals surface area contributed by atoms with Crippen LogP contribution >= 0.6 is 0 Å². The Morgan fingerprint density at radius 3 is 2.93 bits per heavy atom. The smallest absolute Gasteiger partial charge is 0.221 e. The second kappa shape index (κ2) is 6.14. The number of nitrogens with one attached hydrogen (secondary N) is 2. The molecule has 0 aliphatic rings. The van der Waals surface area contributed by atoms with E-state index in [0.29, 0.717) is 13.0 Å². The van der Waals surface area contributed by atoms with E-state index in [0.717, 1.165) is 5.69 Å². The number of amides is 1. The molecule has 1 aromatic heterocycles. The summed E-state index contributed by atoms with van der Waals surface area (Å²) in [5.74, 6) is 0.0440. The molecule has 0 bridgehead atoms. The Bertz CT molecular complexity index is 300. The van der Waals surface area contributed by atoms with Crippen molar-refractivity contribution in [3.8, 4) is 0 Å². The van der Waals surface area contributed by atoms with Gasteiger partial charge in [0.05, 0.1) is 11.7 Å². The standard InChI is InChI=1S/C11H17N3O/c1-9(10-5-3-4-7-13-10)14-11(15)6-8-12-2/h3-5,7,9,12H,6,8H2,1-2H3,(H,14,15)/t9-/m1/s1. The van der Waals surface area contributed by atoms with E-state index in [2.05, 4.69) is 15.6 Å². The number of carbonyl (C=O) groups is 1. The summed E-state index contributed by atoms with van der Waals surface area (Å²) in [6, 6.07) is 5.65. The predicted octanol–water partition coefficient (Wildman–Crippen LogP) is 0.868. The van der Waals surface area contributed by atoms with Crippen LogP contribution in [0.15, 0.2) is 24.4 Å². The van der Waals surface area contributed by atoms with E-state index in [4.69, 9.17) is 0 Å². The fourth-order valence-corrected chi connectivity index (χ4v) is 1.26. The van der Waals surface area contributed by atoms with Crippen LogP contribution < -0.4 is 10.6 Å². The molecule has 1 atom stereocenters. The summed E-state index contributed by atoms with van der Waals surface area (Å²) in [4.78, 5) is 15.6. The van der Waals surface area contributed by atoms with Crippen molar-refractivity contribution in [1.82, 2.24) is 15.6 Å². The Morgan fingerprint density at radius 1 is 1.53 bits per heavy atom. The highest BCUT2D eigenvalue weighted by Crippen LogP contribution is 2.07. The van der Waals surface area contributed by atoms with Crippen molar-refractivity contribution in [1.29, 1.82) is 0 Å². The summed E-state index contributed by atoms with van der Waals surface area (Å²) in [7, 11) is 1.83. The van der Waals surface area contributed by atoms with Gasteiger partial charge in [-0.2, -0.15) is 0 Å². The van der Waals surface area contributed by atoms with Crippen LogP contribution in [-0.4, -0.2) is 24.5 Å². The monoisotopic (exact) mass is 207 g/mol. The molecule has 2 N–H and O–H groups in total. The maximum absolute atomic E-state index is 11.4. The minimum atomic E-state index is -0.0319. The second-order valence-corrected chi connectivity index (χ2v) is 3.40. The number of aromatic nitrogens is 1. The molecule has 15 heavy (non-hydrogen) atoms. The van der Waals surface area contributed by atoms with Gasteiger partial charge in [-0.15, -0.1) is 0 Å².